The van der Waals surface area contributed by atoms with Crippen molar-refractivity contribution in [2.24, 2.45) is 5.73 Å². The van der Waals surface area contributed by atoms with Crippen LogP contribution in [0.1, 0.15) is 32.1 Å². The number of carbonyl (C=O) groups is 1. The number of amides is 1. The highest BCUT2D eigenvalue weighted by atomic mass is 35.5. The van der Waals surface area contributed by atoms with E-state index in [9.17, 15) is 4.79 Å². The van der Waals surface area contributed by atoms with Crippen LogP contribution in [-0.2, 0) is 4.79 Å². The zero-order valence-electron chi connectivity index (χ0n) is 9.65. The van der Waals surface area contributed by atoms with Crippen LogP contribution in [0.2, 0.25) is 0 Å². The van der Waals surface area contributed by atoms with Crippen molar-refractivity contribution >= 4 is 18.3 Å². The fourth-order valence-corrected chi connectivity index (χ4v) is 2.55. The highest BCUT2D eigenvalue weighted by Crippen LogP contribution is 2.17. The molecular weight excluding hydrogens is 226 g/mol. The second kappa shape index (κ2) is 6.42. The number of likely N-dealkylation sites (tertiary alicyclic amines) is 1. The summed E-state index contributed by atoms with van der Waals surface area (Å²) >= 11 is 0. The monoisotopic (exact) mass is 247 g/mol. The van der Waals surface area contributed by atoms with Gasteiger partial charge in [-0.05, 0) is 19.3 Å². The minimum Gasteiger partial charge on any atom is -0.352 e. The first kappa shape index (κ1) is 13.7. The molecule has 1 aliphatic carbocycles. The highest BCUT2D eigenvalue weighted by Gasteiger charge is 2.23. The van der Waals surface area contributed by atoms with Gasteiger partial charge >= 0.3 is 0 Å². The lowest BCUT2D eigenvalue weighted by molar-refractivity contribution is -0.122. The predicted molar refractivity (Wildman–Crippen MR) is 66.7 cm³/mol. The highest BCUT2D eigenvalue weighted by molar-refractivity contribution is 5.85. The summed E-state index contributed by atoms with van der Waals surface area (Å²) in [7, 11) is 0. The van der Waals surface area contributed by atoms with Crippen molar-refractivity contribution < 1.29 is 4.79 Å². The zero-order chi connectivity index (χ0) is 10.7. The van der Waals surface area contributed by atoms with Crippen molar-refractivity contribution in [1.82, 2.24) is 10.2 Å². The summed E-state index contributed by atoms with van der Waals surface area (Å²) in [4.78, 5) is 13.8. The van der Waals surface area contributed by atoms with E-state index in [1.165, 1.54) is 12.8 Å². The van der Waals surface area contributed by atoms with E-state index in [0.29, 0.717) is 12.6 Å². The number of hydrogen-bond donors (Lipinski definition) is 2. The third-order valence-corrected chi connectivity index (χ3v) is 3.40. The van der Waals surface area contributed by atoms with Crippen LogP contribution in [-0.4, -0.2) is 42.5 Å². The number of nitrogens with one attached hydrogen (secondary N) is 1. The van der Waals surface area contributed by atoms with Crippen molar-refractivity contribution in [2.75, 3.05) is 19.6 Å². The Morgan fingerprint density at radius 2 is 2.00 bits per heavy atom. The Morgan fingerprint density at radius 3 is 2.56 bits per heavy atom. The van der Waals surface area contributed by atoms with E-state index in [-0.39, 0.29) is 24.4 Å². The summed E-state index contributed by atoms with van der Waals surface area (Å²) < 4.78 is 0. The van der Waals surface area contributed by atoms with Crippen LogP contribution in [0.3, 0.4) is 0 Å². The molecule has 2 fully saturated rings. The Hall–Kier alpha value is -0.320. The number of halogens is 1. The fraction of sp³-hybridized carbons (Fsp3) is 0.909. The maximum absolute atomic E-state index is 11.7. The minimum atomic E-state index is 0. The molecule has 1 amide bonds. The van der Waals surface area contributed by atoms with Crippen LogP contribution in [0.25, 0.3) is 0 Å². The van der Waals surface area contributed by atoms with E-state index >= 15 is 0 Å². The third kappa shape index (κ3) is 3.92. The van der Waals surface area contributed by atoms with Crippen LogP contribution in [0.15, 0.2) is 0 Å². The minimum absolute atomic E-state index is 0. The van der Waals surface area contributed by atoms with Gasteiger partial charge in [0.05, 0.1) is 6.54 Å². The van der Waals surface area contributed by atoms with Crippen molar-refractivity contribution in [2.45, 2.75) is 44.2 Å². The SMILES string of the molecule is Cl.N[C@H]1CCN(CC(=O)NC2CCCC2)C1. The molecule has 1 saturated heterocycles. The number of carbonyl (C=O) groups excluding carboxylic acids is 1. The number of nitrogens with two attached hydrogens (primary N) is 1. The average Bonchev–Trinajstić information content (AvgIpc) is 2.77. The van der Waals surface area contributed by atoms with E-state index < -0.39 is 0 Å². The Kier molecular flexibility index (Phi) is 5.52. The molecular formula is C11H22ClN3O. The van der Waals surface area contributed by atoms with Crippen molar-refractivity contribution in [3.63, 3.8) is 0 Å². The normalized spacial score (nSPS) is 26.7. The van der Waals surface area contributed by atoms with Gasteiger partial charge in [-0.2, -0.15) is 0 Å². The van der Waals surface area contributed by atoms with Crippen molar-refractivity contribution in [1.29, 1.82) is 0 Å². The Labute approximate surface area is 103 Å². The first-order valence-electron chi connectivity index (χ1n) is 6.01. The second-order valence-corrected chi connectivity index (χ2v) is 4.83. The quantitative estimate of drug-likeness (QED) is 0.764. The van der Waals surface area contributed by atoms with Gasteiger partial charge in [-0.1, -0.05) is 12.8 Å². The molecule has 1 saturated carbocycles. The predicted octanol–water partition coefficient (Wildman–Crippen LogP) is 0.500. The molecule has 0 bridgehead atoms. The van der Waals surface area contributed by atoms with Crippen molar-refractivity contribution in [3.8, 4) is 0 Å². The number of nitrogens with zero attached hydrogens (tertiary/aromatic N) is 1. The molecule has 2 aliphatic rings. The maximum Gasteiger partial charge on any atom is 0.234 e. The lowest BCUT2D eigenvalue weighted by atomic mass is 10.2. The molecule has 3 N–H and O–H groups in total. The molecule has 0 radical (unpaired) electrons. The van der Waals surface area contributed by atoms with E-state index in [1.54, 1.807) is 0 Å². The van der Waals surface area contributed by atoms with Crippen molar-refractivity contribution in [3.05, 3.63) is 0 Å². The molecule has 0 aromatic carbocycles. The zero-order valence-corrected chi connectivity index (χ0v) is 10.5. The molecule has 94 valence electrons. The lowest BCUT2D eigenvalue weighted by Crippen LogP contribution is -2.41. The number of hydrogen-bond acceptors (Lipinski definition) is 3. The average molecular weight is 248 g/mol. The summed E-state index contributed by atoms with van der Waals surface area (Å²) in [6.45, 7) is 2.38. The molecule has 1 heterocycles. The molecule has 1 atom stereocenters. The summed E-state index contributed by atoms with van der Waals surface area (Å²) in [5.41, 5.74) is 5.79. The molecule has 0 unspecified atom stereocenters. The Bertz CT molecular complexity index is 231. The van der Waals surface area contributed by atoms with Gasteiger partial charge in [-0.15, -0.1) is 12.4 Å². The molecule has 2 rings (SSSR count). The van der Waals surface area contributed by atoms with Gasteiger partial charge in [0.2, 0.25) is 5.91 Å². The van der Waals surface area contributed by atoms with Crippen LogP contribution in [0.4, 0.5) is 0 Å². The van der Waals surface area contributed by atoms with Gasteiger partial charge in [0.1, 0.15) is 0 Å². The molecule has 0 spiro atoms. The van der Waals surface area contributed by atoms with E-state index in [4.69, 9.17) is 5.73 Å². The van der Waals surface area contributed by atoms with Gasteiger partial charge in [-0.3, -0.25) is 9.69 Å². The second-order valence-electron chi connectivity index (χ2n) is 4.83. The maximum atomic E-state index is 11.7. The lowest BCUT2D eigenvalue weighted by Gasteiger charge is -2.17. The van der Waals surface area contributed by atoms with Crippen LogP contribution < -0.4 is 11.1 Å². The summed E-state index contributed by atoms with van der Waals surface area (Å²) in [6.07, 6.45) is 5.87. The molecule has 16 heavy (non-hydrogen) atoms. The van der Waals surface area contributed by atoms with E-state index in [0.717, 1.165) is 32.4 Å². The topological polar surface area (TPSA) is 58.4 Å². The number of rotatable bonds is 3. The fourth-order valence-electron chi connectivity index (χ4n) is 2.55. The van der Waals surface area contributed by atoms with Crippen LogP contribution >= 0.6 is 12.4 Å². The summed E-state index contributed by atoms with van der Waals surface area (Å²) in [5, 5.41) is 3.10. The standard InChI is InChI=1S/C11H21N3O.ClH/c12-9-5-6-14(7-9)8-11(15)13-10-3-1-2-4-10;/h9-10H,1-8,12H2,(H,13,15);1H/t9-;/m0./s1. The Balaban J connectivity index is 0.00000128. The van der Waals surface area contributed by atoms with Gasteiger partial charge in [0.15, 0.2) is 0 Å². The molecule has 0 aromatic heterocycles. The molecule has 5 heteroatoms. The first-order chi connectivity index (χ1) is 7.24. The third-order valence-electron chi connectivity index (χ3n) is 3.40. The van der Waals surface area contributed by atoms with E-state index in [2.05, 4.69) is 10.2 Å². The molecule has 0 aromatic rings. The molecule has 4 nitrogen and oxygen atoms in total. The Morgan fingerprint density at radius 1 is 1.31 bits per heavy atom. The van der Waals surface area contributed by atoms with Crippen LogP contribution in [0, 0.1) is 0 Å². The molecule has 1 aliphatic heterocycles. The summed E-state index contributed by atoms with van der Waals surface area (Å²) in [6, 6.07) is 0.707. The van der Waals surface area contributed by atoms with Crippen LogP contribution in [0.5, 0.6) is 0 Å². The summed E-state index contributed by atoms with van der Waals surface area (Å²) in [5.74, 6) is 0.177. The van der Waals surface area contributed by atoms with Gasteiger partial charge < -0.3 is 11.1 Å². The smallest absolute Gasteiger partial charge is 0.234 e. The first-order valence-corrected chi connectivity index (χ1v) is 6.01. The van der Waals surface area contributed by atoms with Gasteiger partial charge in [-0.25, -0.2) is 0 Å². The van der Waals surface area contributed by atoms with Gasteiger partial charge in [0, 0.05) is 25.2 Å². The largest absolute Gasteiger partial charge is 0.352 e. The van der Waals surface area contributed by atoms with E-state index in [1.807, 2.05) is 0 Å². The van der Waals surface area contributed by atoms with Gasteiger partial charge in [0.25, 0.3) is 0 Å².